The van der Waals surface area contributed by atoms with Crippen LogP contribution in [0.1, 0.15) is 56.9 Å². The predicted molar refractivity (Wildman–Crippen MR) is 85.7 cm³/mol. The van der Waals surface area contributed by atoms with Crippen LogP contribution in [0.2, 0.25) is 0 Å². The van der Waals surface area contributed by atoms with E-state index in [1.807, 2.05) is 29.2 Å². The number of carbonyl (C=O) groups excluding carboxylic acids is 2. The van der Waals surface area contributed by atoms with Crippen LogP contribution in [0.15, 0.2) is 34.9 Å². The van der Waals surface area contributed by atoms with Gasteiger partial charge < -0.3 is 9.32 Å². The number of furan rings is 1. The largest absolute Gasteiger partial charge is 0.468 e. The van der Waals surface area contributed by atoms with Crippen LogP contribution in [0.25, 0.3) is 0 Å². The number of amides is 1. The van der Waals surface area contributed by atoms with Gasteiger partial charge in [0.05, 0.1) is 11.1 Å². The minimum atomic E-state index is -0.0813. The smallest absolute Gasteiger partial charge is 0.257 e. The molecule has 4 heteroatoms. The van der Waals surface area contributed by atoms with Crippen molar-refractivity contribution < 1.29 is 14.0 Å². The van der Waals surface area contributed by atoms with Crippen molar-refractivity contribution in [2.24, 2.45) is 0 Å². The molecule has 0 N–H and O–H groups in total. The maximum atomic E-state index is 13.0. The van der Waals surface area contributed by atoms with Gasteiger partial charge in [0.2, 0.25) is 0 Å². The van der Waals surface area contributed by atoms with E-state index in [0.717, 1.165) is 37.9 Å². The molecule has 4 rings (SSSR count). The van der Waals surface area contributed by atoms with Gasteiger partial charge in [0.15, 0.2) is 5.78 Å². The van der Waals surface area contributed by atoms with Crippen LogP contribution < -0.4 is 0 Å². The topological polar surface area (TPSA) is 50.5 Å². The Morgan fingerprint density at radius 3 is 2.65 bits per heavy atom. The zero-order chi connectivity index (χ0) is 15.8. The van der Waals surface area contributed by atoms with Crippen molar-refractivity contribution in [2.75, 3.05) is 13.1 Å². The second-order valence-electron chi connectivity index (χ2n) is 6.29. The molecule has 0 bridgehead atoms. The predicted octanol–water partition coefficient (Wildman–Crippen LogP) is 3.24. The second-order valence-corrected chi connectivity index (χ2v) is 6.29. The zero-order valence-corrected chi connectivity index (χ0v) is 13.0. The van der Waals surface area contributed by atoms with Gasteiger partial charge in [0.1, 0.15) is 12.0 Å². The molecule has 2 aromatic rings. The summed E-state index contributed by atoms with van der Waals surface area (Å²) < 4.78 is 5.61. The molecular formula is C19H19NO3. The van der Waals surface area contributed by atoms with Crippen molar-refractivity contribution in [1.29, 1.82) is 0 Å². The first kappa shape index (κ1) is 14.2. The first-order valence-corrected chi connectivity index (χ1v) is 8.28. The fourth-order valence-corrected chi connectivity index (χ4v) is 3.60. The Kier molecular flexibility index (Phi) is 3.52. The summed E-state index contributed by atoms with van der Waals surface area (Å²) in [6.07, 6.45) is 6.13. The van der Waals surface area contributed by atoms with Gasteiger partial charge in [-0.15, -0.1) is 0 Å². The fraction of sp³-hybridized carbons (Fsp3) is 0.368. The molecule has 1 aromatic heterocycles. The number of nitrogens with zero attached hydrogens (tertiary/aromatic N) is 1. The van der Waals surface area contributed by atoms with Gasteiger partial charge >= 0.3 is 0 Å². The van der Waals surface area contributed by atoms with Gasteiger partial charge in [-0.1, -0.05) is 24.3 Å². The van der Waals surface area contributed by atoms with Gasteiger partial charge in [0, 0.05) is 25.1 Å². The van der Waals surface area contributed by atoms with Gasteiger partial charge in [-0.2, -0.15) is 0 Å². The van der Waals surface area contributed by atoms with E-state index < -0.39 is 0 Å². The van der Waals surface area contributed by atoms with Crippen molar-refractivity contribution in [3.63, 3.8) is 0 Å². The average molecular weight is 309 g/mol. The quantitative estimate of drug-likeness (QED) is 0.812. The Morgan fingerprint density at radius 1 is 1.04 bits per heavy atom. The molecule has 118 valence electrons. The summed E-state index contributed by atoms with van der Waals surface area (Å²) in [4.78, 5) is 27.6. The van der Waals surface area contributed by atoms with Crippen LogP contribution >= 0.6 is 0 Å². The highest BCUT2D eigenvalue weighted by Gasteiger charge is 2.31. The molecule has 2 heterocycles. The van der Waals surface area contributed by atoms with Crippen molar-refractivity contribution >= 4 is 11.7 Å². The van der Waals surface area contributed by atoms with E-state index in [2.05, 4.69) is 0 Å². The van der Waals surface area contributed by atoms with E-state index in [9.17, 15) is 9.59 Å². The summed E-state index contributed by atoms with van der Waals surface area (Å²) in [6, 6.07) is 7.63. The summed E-state index contributed by atoms with van der Waals surface area (Å²) in [5, 5.41) is 0. The van der Waals surface area contributed by atoms with Crippen LogP contribution in [0, 0.1) is 0 Å². The third-order valence-corrected chi connectivity index (χ3v) is 4.85. The molecule has 4 nitrogen and oxygen atoms in total. The van der Waals surface area contributed by atoms with E-state index in [0.29, 0.717) is 28.9 Å². The molecule has 1 saturated heterocycles. The standard InChI is InChI=1S/C19H19NO3/c21-18-14-7-3-2-6-13(14)8-9-16-17(18)15(12-23-16)19(22)20-10-4-1-5-11-20/h2-3,6-7,12H,1,4-5,8-11H2. The van der Waals surface area contributed by atoms with Gasteiger partial charge in [-0.3, -0.25) is 9.59 Å². The van der Waals surface area contributed by atoms with E-state index in [1.165, 1.54) is 12.7 Å². The lowest BCUT2D eigenvalue weighted by molar-refractivity contribution is 0.0720. The molecule has 0 unspecified atom stereocenters. The highest BCUT2D eigenvalue weighted by atomic mass is 16.3. The van der Waals surface area contributed by atoms with Crippen LogP contribution in [-0.4, -0.2) is 29.7 Å². The number of piperidine rings is 1. The Bertz CT molecular complexity index is 769. The monoisotopic (exact) mass is 309 g/mol. The number of aryl methyl sites for hydroxylation is 2. The molecule has 0 radical (unpaired) electrons. The second kappa shape index (κ2) is 5.69. The molecular weight excluding hydrogens is 290 g/mol. The molecule has 0 spiro atoms. The van der Waals surface area contributed by atoms with E-state index in [1.54, 1.807) is 0 Å². The highest BCUT2D eigenvalue weighted by Crippen LogP contribution is 2.29. The number of fused-ring (bicyclic) bond motifs is 2. The third-order valence-electron chi connectivity index (χ3n) is 4.85. The summed E-state index contributed by atoms with van der Waals surface area (Å²) >= 11 is 0. The normalized spacial score (nSPS) is 17.4. The molecule has 1 amide bonds. The number of hydrogen-bond acceptors (Lipinski definition) is 3. The van der Waals surface area contributed by atoms with Crippen molar-refractivity contribution in [1.82, 2.24) is 4.90 Å². The van der Waals surface area contributed by atoms with Crippen molar-refractivity contribution in [3.05, 3.63) is 58.5 Å². The van der Waals surface area contributed by atoms with Crippen LogP contribution in [-0.2, 0) is 12.8 Å². The maximum Gasteiger partial charge on any atom is 0.257 e. The molecule has 1 fully saturated rings. The summed E-state index contributed by atoms with van der Waals surface area (Å²) in [7, 11) is 0. The van der Waals surface area contributed by atoms with Crippen LogP contribution in [0.5, 0.6) is 0 Å². The Morgan fingerprint density at radius 2 is 1.83 bits per heavy atom. The number of rotatable bonds is 1. The Balaban J connectivity index is 1.75. The Labute approximate surface area is 135 Å². The number of hydrogen-bond donors (Lipinski definition) is 0. The van der Waals surface area contributed by atoms with Gasteiger partial charge in [-0.05, 0) is 31.2 Å². The SMILES string of the molecule is O=C1c2ccccc2CCc2occ(C(=O)N3CCCCC3)c21. The van der Waals surface area contributed by atoms with Gasteiger partial charge in [-0.25, -0.2) is 0 Å². The van der Waals surface area contributed by atoms with E-state index in [-0.39, 0.29) is 11.7 Å². The molecule has 1 aliphatic heterocycles. The van der Waals surface area contributed by atoms with Crippen LogP contribution in [0.4, 0.5) is 0 Å². The van der Waals surface area contributed by atoms with Crippen LogP contribution in [0.3, 0.4) is 0 Å². The molecule has 23 heavy (non-hydrogen) atoms. The lowest BCUT2D eigenvalue weighted by atomic mass is 9.98. The van der Waals surface area contributed by atoms with E-state index >= 15 is 0 Å². The number of carbonyl (C=O) groups is 2. The number of likely N-dealkylation sites (tertiary alicyclic amines) is 1. The third kappa shape index (κ3) is 2.38. The summed E-state index contributed by atoms with van der Waals surface area (Å²) in [5.74, 6) is 0.496. The molecule has 0 atom stereocenters. The average Bonchev–Trinajstić information content (AvgIpc) is 2.98. The number of ketones is 1. The lowest BCUT2D eigenvalue weighted by Crippen LogP contribution is -2.36. The van der Waals surface area contributed by atoms with E-state index in [4.69, 9.17) is 4.42 Å². The first-order valence-electron chi connectivity index (χ1n) is 8.28. The maximum absolute atomic E-state index is 13.0. The molecule has 1 aromatic carbocycles. The minimum Gasteiger partial charge on any atom is -0.468 e. The Hall–Kier alpha value is -2.36. The lowest BCUT2D eigenvalue weighted by Gasteiger charge is -2.26. The first-order chi connectivity index (χ1) is 11.3. The molecule has 1 aliphatic carbocycles. The zero-order valence-electron chi connectivity index (χ0n) is 13.0. The van der Waals surface area contributed by atoms with Gasteiger partial charge in [0.25, 0.3) is 5.91 Å². The minimum absolute atomic E-state index is 0.0672. The number of benzene rings is 1. The summed E-state index contributed by atoms with van der Waals surface area (Å²) in [6.45, 7) is 1.53. The fourth-order valence-electron chi connectivity index (χ4n) is 3.60. The van der Waals surface area contributed by atoms with Crippen molar-refractivity contribution in [3.8, 4) is 0 Å². The summed E-state index contributed by atoms with van der Waals surface area (Å²) in [5.41, 5.74) is 2.63. The highest BCUT2D eigenvalue weighted by molar-refractivity contribution is 6.16. The molecule has 0 saturated carbocycles. The van der Waals surface area contributed by atoms with Crippen molar-refractivity contribution in [2.45, 2.75) is 32.1 Å². The molecule has 2 aliphatic rings.